The summed E-state index contributed by atoms with van der Waals surface area (Å²) in [6, 6.07) is 0. The summed E-state index contributed by atoms with van der Waals surface area (Å²) >= 11 is 0. The number of hydrogen-bond donors (Lipinski definition) is 0. The molecule has 0 bridgehead atoms. The van der Waals surface area contributed by atoms with Gasteiger partial charge in [-0.3, -0.25) is 0 Å². The molecule has 0 aliphatic heterocycles. The Kier molecular flexibility index (Phi) is 7.87. The molecule has 2 heteroatoms. The van der Waals surface area contributed by atoms with Crippen molar-refractivity contribution in [3.05, 3.63) is 0 Å². The van der Waals surface area contributed by atoms with Crippen LogP contribution in [0.3, 0.4) is 0 Å². The van der Waals surface area contributed by atoms with Gasteiger partial charge in [0.1, 0.15) is 0 Å². The Bertz CT molecular complexity index is 149. The molecule has 2 nitrogen and oxygen atoms in total. The molecule has 1 rings (SSSR count). The average molecular weight is 228 g/mol. The molecular formula is C14H28O2. The second-order valence-corrected chi connectivity index (χ2v) is 4.83. The average Bonchev–Trinajstić information content (AvgIpc) is 2.27. The van der Waals surface area contributed by atoms with E-state index in [9.17, 15) is 0 Å². The zero-order valence-electron chi connectivity index (χ0n) is 11.0. The smallest absolute Gasteiger partial charge is 0.155 e. The zero-order valence-corrected chi connectivity index (χ0v) is 11.0. The van der Waals surface area contributed by atoms with Crippen molar-refractivity contribution in [2.24, 2.45) is 0 Å². The van der Waals surface area contributed by atoms with Crippen LogP contribution in [0.15, 0.2) is 0 Å². The van der Waals surface area contributed by atoms with Gasteiger partial charge in [0.15, 0.2) is 6.29 Å². The maximum atomic E-state index is 5.94. The molecule has 0 radical (unpaired) electrons. The quantitative estimate of drug-likeness (QED) is 0.669. The topological polar surface area (TPSA) is 18.5 Å². The van der Waals surface area contributed by atoms with Gasteiger partial charge in [-0.05, 0) is 26.7 Å². The lowest BCUT2D eigenvalue weighted by Gasteiger charge is -2.23. The minimum Gasteiger partial charge on any atom is -0.353 e. The predicted octanol–water partition coefficient (Wildman–Crippen LogP) is 4.28. The van der Waals surface area contributed by atoms with Crippen LogP contribution in [0.4, 0.5) is 0 Å². The lowest BCUT2D eigenvalue weighted by molar-refractivity contribution is -0.160. The minimum atomic E-state index is -0.0297. The van der Waals surface area contributed by atoms with Crippen LogP contribution in [-0.4, -0.2) is 19.0 Å². The third-order valence-corrected chi connectivity index (χ3v) is 3.34. The highest BCUT2D eigenvalue weighted by atomic mass is 16.7. The highest BCUT2D eigenvalue weighted by Crippen LogP contribution is 2.20. The van der Waals surface area contributed by atoms with Gasteiger partial charge in [0.25, 0.3) is 0 Å². The zero-order chi connectivity index (χ0) is 11.6. The van der Waals surface area contributed by atoms with Gasteiger partial charge in [0.05, 0.1) is 6.10 Å². The molecular weight excluding hydrogens is 200 g/mol. The van der Waals surface area contributed by atoms with Crippen LogP contribution in [0, 0.1) is 0 Å². The second kappa shape index (κ2) is 9.00. The van der Waals surface area contributed by atoms with Crippen molar-refractivity contribution in [2.75, 3.05) is 6.61 Å². The number of rotatable bonds is 4. The summed E-state index contributed by atoms with van der Waals surface area (Å²) in [6.45, 7) is 4.78. The van der Waals surface area contributed by atoms with Crippen molar-refractivity contribution in [3.63, 3.8) is 0 Å². The van der Waals surface area contributed by atoms with Crippen molar-refractivity contribution < 1.29 is 9.47 Å². The van der Waals surface area contributed by atoms with Crippen LogP contribution in [-0.2, 0) is 9.47 Å². The summed E-state index contributed by atoms with van der Waals surface area (Å²) in [5.74, 6) is 0. The van der Waals surface area contributed by atoms with Gasteiger partial charge >= 0.3 is 0 Å². The fraction of sp³-hybridized carbons (Fsp3) is 1.00. The monoisotopic (exact) mass is 228 g/mol. The molecule has 1 atom stereocenters. The standard InChI is InChI=1S/C14H28O2/c1-3-15-13(2)16-14-11-9-7-5-4-6-8-10-12-14/h13-14H,3-12H2,1-2H3. The summed E-state index contributed by atoms with van der Waals surface area (Å²) in [6.07, 6.45) is 12.5. The first kappa shape index (κ1) is 14.0. The Morgan fingerprint density at radius 3 is 1.94 bits per heavy atom. The van der Waals surface area contributed by atoms with E-state index in [4.69, 9.17) is 9.47 Å². The van der Waals surface area contributed by atoms with Crippen LogP contribution in [0.1, 0.15) is 71.6 Å². The number of hydrogen-bond acceptors (Lipinski definition) is 2. The van der Waals surface area contributed by atoms with E-state index in [0.29, 0.717) is 6.10 Å². The molecule has 0 saturated heterocycles. The number of ether oxygens (including phenoxy) is 2. The summed E-state index contributed by atoms with van der Waals surface area (Å²) in [5.41, 5.74) is 0. The van der Waals surface area contributed by atoms with Crippen LogP contribution < -0.4 is 0 Å². The highest BCUT2D eigenvalue weighted by molar-refractivity contribution is 4.62. The molecule has 1 aliphatic rings. The van der Waals surface area contributed by atoms with Gasteiger partial charge in [-0.2, -0.15) is 0 Å². The molecule has 0 aromatic heterocycles. The Balaban J connectivity index is 2.24. The van der Waals surface area contributed by atoms with Crippen LogP contribution in [0.25, 0.3) is 0 Å². The molecule has 0 amide bonds. The first-order valence-corrected chi connectivity index (χ1v) is 7.10. The molecule has 16 heavy (non-hydrogen) atoms. The van der Waals surface area contributed by atoms with Gasteiger partial charge in [-0.15, -0.1) is 0 Å². The lowest BCUT2D eigenvalue weighted by atomic mass is 9.99. The second-order valence-electron chi connectivity index (χ2n) is 4.83. The maximum Gasteiger partial charge on any atom is 0.155 e. The van der Waals surface area contributed by atoms with E-state index in [1.54, 1.807) is 0 Å². The molecule has 1 unspecified atom stereocenters. The van der Waals surface area contributed by atoms with E-state index >= 15 is 0 Å². The van der Waals surface area contributed by atoms with E-state index < -0.39 is 0 Å². The van der Waals surface area contributed by atoms with Gasteiger partial charge in [0.2, 0.25) is 0 Å². The summed E-state index contributed by atoms with van der Waals surface area (Å²) in [7, 11) is 0. The van der Waals surface area contributed by atoms with Gasteiger partial charge in [-0.1, -0.05) is 44.9 Å². The first-order chi connectivity index (χ1) is 7.83. The Morgan fingerprint density at radius 2 is 1.44 bits per heavy atom. The molecule has 1 fully saturated rings. The molecule has 0 aromatic carbocycles. The fourth-order valence-corrected chi connectivity index (χ4v) is 2.45. The van der Waals surface area contributed by atoms with E-state index in [2.05, 4.69) is 0 Å². The van der Waals surface area contributed by atoms with Gasteiger partial charge < -0.3 is 9.47 Å². The molecule has 1 aliphatic carbocycles. The van der Waals surface area contributed by atoms with E-state index in [1.807, 2.05) is 13.8 Å². The molecule has 0 heterocycles. The van der Waals surface area contributed by atoms with Crippen molar-refractivity contribution in [3.8, 4) is 0 Å². The predicted molar refractivity (Wildman–Crippen MR) is 67.5 cm³/mol. The molecule has 0 aromatic rings. The third kappa shape index (κ3) is 6.49. The van der Waals surface area contributed by atoms with E-state index in [-0.39, 0.29) is 6.29 Å². The molecule has 96 valence electrons. The van der Waals surface area contributed by atoms with Crippen molar-refractivity contribution in [1.29, 1.82) is 0 Å². The first-order valence-electron chi connectivity index (χ1n) is 7.10. The molecule has 0 N–H and O–H groups in total. The normalized spacial score (nSPS) is 22.9. The van der Waals surface area contributed by atoms with E-state index in [0.717, 1.165) is 6.61 Å². The SMILES string of the molecule is CCOC(C)OC1CCCCCCCCC1. The third-order valence-electron chi connectivity index (χ3n) is 3.34. The Hall–Kier alpha value is -0.0800. The minimum absolute atomic E-state index is 0.0297. The Morgan fingerprint density at radius 1 is 0.938 bits per heavy atom. The Labute approximate surface area is 101 Å². The van der Waals surface area contributed by atoms with Crippen molar-refractivity contribution in [1.82, 2.24) is 0 Å². The summed E-state index contributed by atoms with van der Waals surface area (Å²) < 4.78 is 11.4. The highest BCUT2D eigenvalue weighted by Gasteiger charge is 2.13. The van der Waals surface area contributed by atoms with Crippen molar-refractivity contribution in [2.45, 2.75) is 84.0 Å². The molecule has 1 saturated carbocycles. The summed E-state index contributed by atoms with van der Waals surface area (Å²) in [5, 5.41) is 0. The van der Waals surface area contributed by atoms with Gasteiger partial charge in [-0.25, -0.2) is 0 Å². The van der Waals surface area contributed by atoms with Crippen LogP contribution >= 0.6 is 0 Å². The lowest BCUT2D eigenvalue weighted by Crippen LogP contribution is -2.22. The van der Waals surface area contributed by atoms with Crippen molar-refractivity contribution >= 4 is 0 Å². The summed E-state index contributed by atoms with van der Waals surface area (Å²) in [4.78, 5) is 0. The fourth-order valence-electron chi connectivity index (χ4n) is 2.45. The van der Waals surface area contributed by atoms with Crippen LogP contribution in [0.2, 0.25) is 0 Å². The largest absolute Gasteiger partial charge is 0.353 e. The molecule has 0 spiro atoms. The van der Waals surface area contributed by atoms with E-state index in [1.165, 1.54) is 57.8 Å². The maximum absolute atomic E-state index is 5.94. The van der Waals surface area contributed by atoms with Crippen LogP contribution in [0.5, 0.6) is 0 Å². The van der Waals surface area contributed by atoms with Gasteiger partial charge in [0, 0.05) is 6.61 Å².